The molecule has 0 saturated carbocycles. The Morgan fingerprint density at radius 1 is 1.31 bits per heavy atom. The van der Waals surface area contributed by atoms with Crippen molar-refractivity contribution >= 4 is 29.2 Å². The van der Waals surface area contributed by atoms with Crippen LogP contribution in [0.1, 0.15) is 0 Å². The first-order chi connectivity index (χ1) is 6.22. The number of halogens is 1. The van der Waals surface area contributed by atoms with E-state index >= 15 is 0 Å². The molecule has 2 N–H and O–H groups in total. The van der Waals surface area contributed by atoms with Crippen molar-refractivity contribution in [3.05, 3.63) is 24.0 Å². The van der Waals surface area contributed by atoms with Crippen LogP contribution in [0.5, 0.6) is 0 Å². The molecular weight excluding hydrogens is 205 g/mol. The van der Waals surface area contributed by atoms with E-state index in [0.29, 0.717) is 5.69 Å². The molecule has 1 rings (SSSR count). The maximum Gasteiger partial charge on any atom is 0.126 e. The lowest BCUT2D eigenvalue weighted by Gasteiger charge is -2.01. The third-order valence-corrected chi connectivity index (χ3v) is 3.30. The van der Waals surface area contributed by atoms with Crippen LogP contribution in [0.4, 0.5) is 10.1 Å². The second kappa shape index (κ2) is 5.40. The predicted molar refractivity (Wildman–Crippen MR) is 59.9 cm³/mol. The molecule has 0 aliphatic heterocycles. The minimum Gasteiger partial charge on any atom is -0.399 e. The van der Waals surface area contributed by atoms with Gasteiger partial charge in [0.15, 0.2) is 0 Å². The van der Waals surface area contributed by atoms with Crippen molar-refractivity contribution in [3.8, 4) is 0 Å². The van der Waals surface area contributed by atoms with Crippen molar-refractivity contribution in [2.75, 3.05) is 23.5 Å². The van der Waals surface area contributed by atoms with Crippen LogP contribution in [0.3, 0.4) is 0 Å². The van der Waals surface area contributed by atoms with Gasteiger partial charge >= 0.3 is 0 Å². The molecule has 0 spiro atoms. The van der Waals surface area contributed by atoms with Crippen molar-refractivity contribution in [3.63, 3.8) is 0 Å². The van der Waals surface area contributed by atoms with Gasteiger partial charge in [0.05, 0.1) is 0 Å². The van der Waals surface area contributed by atoms with Gasteiger partial charge in [-0.15, -0.1) is 11.8 Å². The monoisotopic (exact) mass is 217 g/mol. The van der Waals surface area contributed by atoms with Gasteiger partial charge in [-0.1, -0.05) is 0 Å². The van der Waals surface area contributed by atoms with Crippen molar-refractivity contribution in [1.82, 2.24) is 0 Å². The smallest absolute Gasteiger partial charge is 0.126 e. The Bertz CT molecular complexity index is 258. The normalized spacial score (nSPS) is 10.3. The number of benzene rings is 1. The summed E-state index contributed by atoms with van der Waals surface area (Å²) >= 11 is 3.42. The number of nitrogens with two attached hydrogens (primary N) is 1. The first kappa shape index (κ1) is 10.7. The van der Waals surface area contributed by atoms with Crippen LogP contribution in [0.2, 0.25) is 0 Å². The average Bonchev–Trinajstić information content (AvgIpc) is 2.03. The van der Waals surface area contributed by atoms with Gasteiger partial charge in [-0.3, -0.25) is 0 Å². The Balaban J connectivity index is 2.56. The van der Waals surface area contributed by atoms with E-state index in [1.54, 1.807) is 29.6 Å². The van der Waals surface area contributed by atoms with Crippen LogP contribution < -0.4 is 5.73 Å². The van der Waals surface area contributed by atoms with E-state index in [-0.39, 0.29) is 5.82 Å². The summed E-state index contributed by atoms with van der Waals surface area (Å²) < 4.78 is 12.8. The Labute approximate surface area is 86.3 Å². The van der Waals surface area contributed by atoms with Gasteiger partial charge in [-0.05, 0) is 24.5 Å². The fraction of sp³-hybridized carbons (Fsp3) is 0.333. The highest BCUT2D eigenvalue weighted by Gasteiger charge is 1.98. The fourth-order valence-electron chi connectivity index (χ4n) is 0.911. The van der Waals surface area contributed by atoms with E-state index < -0.39 is 0 Å². The Kier molecular flexibility index (Phi) is 4.45. The van der Waals surface area contributed by atoms with Crippen molar-refractivity contribution < 1.29 is 4.39 Å². The molecule has 0 aromatic heterocycles. The van der Waals surface area contributed by atoms with Crippen LogP contribution in [-0.4, -0.2) is 17.8 Å². The van der Waals surface area contributed by atoms with Crippen LogP contribution in [0.25, 0.3) is 0 Å². The number of rotatable bonds is 4. The highest BCUT2D eigenvalue weighted by Crippen LogP contribution is 2.22. The molecule has 0 saturated heterocycles. The quantitative estimate of drug-likeness (QED) is 0.477. The molecular formula is C9H12FNS2. The maximum atomic E-state index is 12.8. The molecule has 1 nitrogen and oxygen atoms in total. The van der Waals surface area contributed by atoms with Crippen LogP contribution >= 0.6 is 23.5 Å². The van der Waals surface area contributed by atoms with Crippen molar-refractivity contribution in [2.24, 2.45) is 0 Å². The molecule has 0 atom stereocenters. The summed E-state index contributed by atoms with van der Waals surface area (Å²) in [5.41, 5.74) is 6.00. The van der Waals surface area contributed by atoms with Gasteiger partial charge in [-0.25, -0.2) is 4.39 Å². The summed E-state index contributed by atoms with van der Waals surface area (Å²) in [6.07, 6.45) is 2.06. The van der Waals surface area contributed by atoms with Gasteiger partial charge in [-0.2, -0.15) is 11.8 Å². The fourth-order valence-corrected chi connectivity index (χ4v) is 2.56. The molecule has 0 radical (unpaired) electrons. The molecule has 0 heterocycles. The topological polar surface area (TPSA) is 26.0 Å². The molecule has 72 valence electrons. The number of nitrogen functional groups attached to an aromatic ring is 1. The summed E-state index contributed by atoms with van der Waals surface area (Å²) in [5, 5.41) is 0. The highest BCUT2D eigenvalue weighted by atomic mass is 32.2. The van der Waals surface area contributed by atoms with Crippen LogP contribution in [-0.2, 0) is 0 Å². The maximum absolute atomic E-state index is 12.8. The predicted octanol–water partition coefficient (Wildman–Crippen LogP) is 2.86. The second-order valence-corrected chi connectivity index (χ2v) is 4.72. The molecule has 0 fully saturated rings. The zero-order chi connectivity index (χ0) is 9.68. The average molecular weight is 217 g/mol. The lowest BCUT2D eigenvalue weighted by Crippen LogP contribution is -1.88. The number of thioether (sulfide) groups is 2. The number of hydrogen-bond donors (Lipinski definition) is 1. The van der Waals surface area contributed by atoms with Gasteiger partial charge in [0.25, 0.3) is 0 Å². The molecule has 0 aliphatic rings. The minimum atomic E-state index is -0.258. The summed E-state index contributed by atoms with van der Waals surface area (Å²) in [6, 6.07) is 4.65. The van der Waals surface area contributed by atoms with Gasteiger partial charge in [0.1, 0.15) is 5.82 Å². The van der Waals surface area contributed by atoms with Gasteiger partial charge in [0.2, 0.25) is 0 Å². The highest BCUT2D eigenvalue weighted by molar-refractivity contribution is 8.02. The zero-order valence-electron chi connectivity index (χ0n) is 7.42. The third kappa shape index (κ3) is 3.91. The Morgan fingerprint density at radius 3 is 2.69 bits per heavy atom. The van der Waals surface area contributed by atoms with E-state index in [2.05, 4.69) is 6.26 Å². The summed E-state index contributed by atoms with van der Waals surface area (Å²) in [6.45, 7) is 0. The number of hydrogen-bond acceptors (Lipinski definition) is 3. The first-order valence-corrected chi connectivity index (χ1v) is 6.28. The molecule has 1 aromatic carbocycles. The standard InChI is InChI=1S/C9H12FNS2/c1-12-2-3-13-9-5-7(10)4-8(11)6-9/h4-6H,2-3,11H2,1H3. The molecule has 13 heavy (non-hydrogen) atoms. The molecule has 0 amide bonds. The zero-order valence-corrected chi connectivity index (χ0v) is 9.05. The minimum absolute atomic E-state index is 0.258. The molecule has 0 bridgehead atoms. The number of anilines is 1. The summed E-state index contributed by atoms with van der Waals surface area (Å²) in [5.74, 6) is 1.80. The Morgan fingerprint density at radius 2 is 2.08 bits per heavy atom. The second-order valence-electron chi connectivity index (χ2n) is 2.56. The SMILES string of the molecule is CSCCSc1cc(N)cc(F)c1. The largest absolute Gasteiger partial charge is 0.399 e. The lowest BCUT2D eigenvalue weighted by atomic mass is 10.3. The molecule has 0 unspecified atom stereocenters. The van der Waals surface area contributed by atoms with Crippen molar-refractivity contribution in [2.45, 2.75) is 4.90 Å². The summed E-state index contributed by atoms with van der Waals surface area (Å²) in [4.78, 5) is 0.909. The molecule has 1 aromatic rings. The first-order valence-electron chi connectivity index (χ1n) is 3.90. The van der Waals surface area contributed by atoms with E-state index in [1.165, 1.54) is 12.1 Å². The van der Waals surface area contributed by atoms with Gasteiger partial charge in [0, 0.05) is 22.1 Å². The van der Waals surface area contributed by atoms with Crippen molar-refractivity contribution in [1.29, 1.82) is 0 Å². The van der Waals surface area contributed by atoms with Crippen LogP contribution in [0.15, 0.2) is 23.1 Å². The van der Waals surface area contributed by atoms with Crippen LogP contribution in [0, 0.1) is 5.82 Å². The summed E-state index contributed by atoms with van der Waals surface area (Å²) in [7, 11) is 0. The van der Waals surface area contributed by atoms with Gasteiger partial charge < -0.3 is 5.73 Å². The third-order valence-electron chi connectivity index (χ3n) is 1.45. The lowest BCUT2D eigenvalue weighted by molar-refractivity contribution is 0.625. The molecule has 0 aliphatic carbocycles. The Hall–Kier alpha value is -0.350. The molecule has 4 heteroatoms. The van der Waals surface area contributed by atoms with E-state index in [9.17, 15) is 4.39 Å². The van der Waals surface area contributed by atoms with E-state index in [0.717, 1.165) is 16.4 Å². The van der Waals surface area contributed by atoms with E-state index in [4.69, 9.17) is 5.73 Å². The van der Waals surface area contributed by atoms with E-state index in [1.807, 2.05) is 0 Å².